The second kappa shape index (κ2) is 4.68. The molecule has 0 bridgehead atoms. The van der Waals surface area contributed by atoms with Crippen molar-refractivity contribution in [2.75, 3.05) is 13.7 Å². The van der Waals surface area contributed by atoms with Crippen LogP contribution in [-0.2, 0) is 4.74 Å². The molecule has 1 rings (SSSR count). The Morgan fingerprint density at radius 2 is 1.93 bits per heavy atom. The fourth-order valence-corrected chi connectivity index (χ4v) is 1.36. The van der Waals surface area contributed by atoms with Gasteiger partial charge in [0.25, 0.3) is 0 Å². The lowest BCUT2D eigenvalue weighted by Crippen LogP contribution is -2.19. The van der Waals surface area contributed by atoms with Crippen LogP contribution in [0.15, 0.2) is 12.1 Å². The lowest BCUT2D eigenvalue weighted by Gasteiger charge is -2.12. The number of nitrogens with two attached hydrogens (primary N) is 1. The maximum atomic E-state index is 13.2. The molecule has 0 aliphatic carbocycles. The monoisotopic (exact) mass is 221 g/mol. The second-order valence-corrected chi connectivity index (χ2v) is 3.28. The summed E-state index contributed by atoms with van der Waals surface area (Å²) in [5, 5.41) is 0.00775. The van der Waals surface area contributed by atoms with E-state index in [4.69, 9.17) is 22.1 Å². The number of hydrogen-bond donors (Lipinski definition) is 1. The van der Waals surface area contributed by atoms with Crippen LogP contribution in [0, 0.1) is 11.6 Å². The van der Waals surface area contributed by atoms with E-state index in [1.165, 1.54) is 7.11 Å². The van der Waals surface area contributed by atoms with Gasteiger partial charge in [-0.05, 0) is 12.1 Å². The van der Waals surface area contributed by atoms with Gasteiger partial charge in [0.05, 0.1) is 12.6 Å². The quantitative estimate of drug-likeness (QED) is 0.850. The predicted molar refractivity (Wildman–Crippen MR) is 50.2 cm³/mol. The summed E-state index contributed by atoms with van der Waals surface area (Å²) in [6, 6.07) is 1.22. The molecule has 0 fully saturated rings. The lowest BCUT2D eigenvalue weighted by atomic mass is 10.1. The maximum Gasteiger partial charge on any atom is 0.132 e. The Hall–Kier alpha value is -0.710. The molecule has 2 N–H and O–H groups in total. The average molecular weight is 222 g/mol. The highest BCUT2D eigenvalue weighted by atomic mass is 35.5. The number of rotatable bonds is 3. The van der Waals surface area contributed by atoms with E-state index in [-0.39, 0.29) is 17.2 Å². The van der Waals surface area contributed by atoms with Crippen molar-refractivity contribution in [3.63, 3.8) is 0 Å². The zero-order chi connectivity index (χ0) is 10.7. The molecular formula is C9H10ClF2NO. The second-order valence-electron chi connectivity index (χ2n) is 2.84. The van der Waals surface area contributed by atoms with Crippen LogP contribution >= 0.6 is 11.6 Å². The van der Waals surface area contributed by atoms with E-state index in [1.807, 2.05) is 0 Å². The van der Waals surface area contributed by atoms with Gasteiger partial charge in [-0.3, -0.25) is 0 Å². The molecule has 0 aromatic heterocycles. The van der Waals surface area contributed by atoms with Crippen LogP contribution in [0.5, 0.6) is 0 Å². The maximum absolute atomic E-state index is 13.2. The summed E-state index contributed by atoms with van der Waals surface area (Å²) in [5.74, 6) is -1.50. The molecule has 0 aliphatic heterocycles. The van der Waals surface area contributed by atoms with E-state index in [1.54, 1.807) is 0 Å². The molecule has 1 aromatic rings. The first-order valence-electron chi connectivity index (χ1n) is 3.95. The van der Waals surface area contributed by atoms with Crippen molar-refractivity contribution in [1.29, 1.82) is 0 Å². The summed E-state index contributed by atoms with van der Waals surface area (Å²) in [7, 11) is 1.41. The van der Waals surface area contributed by atoms with Gasteiger partial charge in [-0.15, -0.1) is 0 Å². The third kappa shape index (κ3) is 2.41. The van der Waals surface area contributed by atoms with E-state index in [9.17, 15) is 8.78 Å². The van der Waals surface area contributed by atoms with Gasteiger partial charge in [0.15, 0.2) is 0 Å². The van der Waals surface area contributed by atoms with Crippen molar-refractivity contribution in [3.8, 4) is 0 Å². The van der Waals surface area contributed by atoms with Crippen LogP contribution in [0.3, 0.4) is 0 Å². The van der Waals surface area contributed by atoms with Gasteiger partial charge in [0, 0.05) is 17.7 Å². The van der Waals surface area contributed by atoms with Gasteiger partial charge in [-0.1, -0.05) is 11.6 Å². The van der Waals surface area contributed by atoms with Gasteiger partial charge < -0.3 is 10.5 Å². The summed E-state index contributed by atoms with van der Waals surface area (Å²) in [6.45, 7) is 0.0511. The fraction of sp³-hybridized carbons (Fsp3) is 0.333. The summed E-state index contributed by atoms with van der Waals surface area (Å²) in [5.41, 5.74) is 5.31. The van der Waals surface area contributed by atoms with Gasteiger partial charge in [0.2, 0.25) is 0 Å². The van der Waals surface area contributed by atoms with E-state index in [0.29, 0.717) is 0 Å². The minimum atomic E-state index is -0.822. The molecule has 0 heterocycles. The van der Waals surface area contributed by atoms with Crippen LogP contribution in [0.25, 0.3) is 0 Å². The molecule has 0 saturated heterocycles. The zero-order valence-electron chi connectivity index (χ0n) is 7.56. The molecule has 1 aromatic carbocycles. The lowest BCUT2D eigenvalue weighted by molar-refractivity contribution is 0.178. The van der Waals surface area contributed by atoms with E-state index < -0.39 is 17.7 Å². The molecule has 14 heavy (non-hydrogen) atoms. The van der Waals surface area contributed by atoms with Crippen molar-refractivity contribution in [1.82, 2.24) is 0 Å². The van der Waals surface area contributed by atoms with Crippen LogP contribution in [0.2, 0.25) is 5.02 Å². The first kappa shape index (κ1) is 11.4. The van der Waals surface area contributed by atoms with E-state index in [0.717, 1.165) is 12.1 Å². The fourth-order valence-electron chi connectivity index (χ4n) is 1.17. The molecule has 1 atom stereocenters. The predicted octanol–water partition coefficient (Wildman–Crippen LogP) is 2.26. The zero-order valence-corrected chi connectivity index (χ0v) is 8.31. The normalized spacial score (nSPS) is 12.9. The Labute approximate surface area is 85.6 Å². The van der Waals surface area contributed by atoms with Crippen molar-refractivity contribution < 1.29 is 13.5 Å². The van der Waals surface area contributed by atoms with E-state index >= 15 is 0 Å². The van der Waals surface area contributed by atoms with E-state index in [2.05, 4.69) is 0 Å². The molecule has 5 heteroatoms. The van der Waals surface area contributed by atoms with Gasteiger partial charge in [0.1, 0.15) is 11.6 Å². The third-order valence-corrected chi connectivity index (χ3v) is 1.98. The van der Waals surface area contributed by atoms with Crippen LogP contribution in [0.4, 0.5) is 8.78 Å². The van der Waals surface area contributed by atoms with Crippen molar-refractivity contribution >= 4 is 11.6 Å². The highest BCUT2D eigenvalue weighted by Crippen LogP contribution is 2.23. The summed E-state index contributed by atoms with van der Waals surface area (Å²) >= 11 is 5.45. The third-order valence-electron chi connectivity index (χ3n) is 1.76. The summed E-state index contributed by atoms with van der Waals surface area (Å²) in [4.78, 5) is 0. The molecular weight excluding hydrogens is 212 g/mol. The molecule has 2 nitrogen and oxygen atoms in total. The van der Waals surface area contributed by atoms with Crippen LogP contribution in [-0.4, -0.2) is 13.7 Å². The van der Waals surface area contributed by atoms with Crippen LogP contribution in [0.1, 0.15) is 11.6 Å². The molecule has 0 spiro atoms. The molecule has 0 radical (unpaired) electrons. The van der Waals surface area contributed by atoms with Crippen molar-refractivity contribution in [3.05, 3.63) is 34.4 Å². The highest BCUT2D eigenvalue weighted by Gasteiger charge is 2.17. The Bertz CT molecular complexity index is 310. The first-order valence-corrected chi connectivity index (χ1v) is 4.33. The first-order chi connectivity index (χ1) is 6.56. The molecule has 0 aliphatic rings. The average Bonchev–Trinajstić information content (AvgIpc) is 2.01. The SMILES string of the molecule is COCC(N)c1c(F)cc(Cl)cc1F. The number of benzene rings is 1. The Balaban J connectivity index is 3.07. The smallest absolute Gasteiger partial charge is 0.132 e. The highest BCUT2D eigenvalue weighted by molar-refractivity contribution is 6.30. The molecule has 1 unspecified atom stereocenters. The molecule has 78 valence electrons. The summed E-state index contributed by atoms with van der Waals surface area (Å²) < 4.78 is 31.2. The van der Waals surface area contributed by atoms with Gasteiger partial charge in [-0.2, -0.15) is 0 Å². The number of hydrogen-bond acceptors (Lipinski definition) is 2. The largest absolute Gasteiger partial charge is 0.383 e. The Morgan fingerprint density at radius 1 is 1.43 bits per heavy atom. The number of ether oxygens (including phenoxy) is 1. The minimum absolute atomic E-state index is 0.00775. The van der Waals surface area contributed by atoms with Gasteiger partial charge in [-0.25, -0.2) is 8.78 Å². The molecule has 0 amide bonds. The van der Waals surface area contributed by atoms with Crippen molar-refractivity contribution in [2.45, 2.75) is 6.04 Å². The minimum Gasteiger partial charge on any atom is -0.383 e. The number of halogens is 3. The standard InChI is InChI=1S/C9H10ClF2NO/c1-14-4-8(13)9-6(11)2-5(10)3-7(9)12/h2-3,8H,4,13H2,1H3. The topological polar surface area (TPSA) is 35.2 Å². The number of methoxy groups -OCH3 is 1. The Kier molecular flexibility index (Phi) is 3.80. The van der Waals surface area contributed by atoms with Gasteiger partial charge >= 0.3 is 0 Å². The molecule has 0 saturated carbocycles. The summed E-state index contributed by atoms with van der Waals surface area (Å²) in [6.07, 6.45) is 0. The van der Waals surface area contributed by atoms with Crippen molar-refractivity contribution in [2.24, 2.45) is 5.73 Å². The Morgan fingerprint density at radius 3 is 2.36 bits per heavy atom. The van der Waals surface area contributed by atoms with Crippen LogP contribution < -0.4 is 5.73 Å².